The molecule has 0 amide bonds. The van der Waals surface area contributed by atoms with Crippen LogP contribution in [0.15, 0.2) is 42.0 Å². The molecule has 2 heteroatoms. The van der Waals surface area contributed by atoms with Crippen LogP contribution in [0.1, 0.15) is 32.3 Å². The lowest BCUT2D eigenvalue weighted by Crippen LogP contribution is -2.21. The van der Waals surface area contributed by atoms with E-state index in [0.717, 1.165) is 17.6 Å². The van der Waals surface area contributed by atoms with Crippen molar-refractivity contribution in [2.45, 2.75) is 26.7 Å². The number of phenolic OH excluding ortho intramolecular Hbond substituents is 1. The van der Waals surface area contributed by atoms with Crippen LogP contribution in [-0.2, 0) is 4.79 Å². The normalized spacial score (nSPS) is 19.0. The van der Waals surface area contributed by atoms with Gasteiger partial charge in [-0.05, 0) is 41.2 Å². The summed E-state index contributed by atoms with van der Waals surface area (Å²) < 4.78 is 0. The summed E-state index contributed by atoms with van der Waals surface area (Å²) in [6, 6.07) is 7.01. The second-order valence-corrected chi connectivity index (χ2v) is 5.63. The molecule has 0 unspecified atom stereocenters. The van der Waals surface area contributed by atoms with Gasteiger partial charge < -0.3 is 5.11 Å². The molecule has 18 heavy (non-hydrogen) atoms. The average Bonchev–Trinajstić information content (AvgIpc) is 2.25. The van der Waals surface area contributed by atoms with Crippen LogP contribution in [0.5, 0.6) is 5.75 Å². The number of allylic oxidation sites excluding steroid dienone is 3. The van der Waals surface area contributed by atoms with Gasteiger partial charge in [-0.2, -0.15) is 0 Å². The number of hydrogen-bond donors (Lipinski definition) is 1. The summed E-state index contributed by atoms with van der Waals surface area (Å²) in [7, 11) is 0. The Kier molecular flexibility index (Phi) is 3.37. The van der Waals surface area contributed by atoms with E-state index in [9.17, 15) is 9.90 Å². The zero-order chi connectivity index (χ0) is 13.2. The van der Waals surface area contributed by atoms with Crippen molar-refractivity contribution in [2.75, 3.05) is 0 Å². The first-order valence-electron chi connectivity index (χ1n) is 6.15. The molecule has 0 saturated heterocycles. The number of hydrogen-bond acceptors (Lipinski definition) is 2. The number of carbonyl (C=O) groups excluding carboxylic acids is 1. The molecule has 0 heterocycles. The molecule has 1 aromatic rings. The molecule has 1 aromatic carbocycles. The van der Waals surface area contributed by atoms with Crippen molar-refractivity contribution >= 4 is 11.9 Å². The van der Waals surface area contributed by atoms with E-state index in [1.54, 1.807) is 18.2 Å². The van der Waals surface area contributed by atoms with E-state index >= 15 is 0 Å². The summed E-state index contributed by atoms with van der Waals surface area (Å²) in [6.07, 6.45) is 7.25. The van der Waals surface area contributed by atoms with Gasteiger partial charge in [0.1, 0.15) is 5.75 Å². The fourth-order valence-electron chi connectivity index (χ4n) is 2.29. The molecule has 0 bridgehead atoms. The lowest BCUT2D eigenvalue weighted by atomic mass is 9.77. The largest absolute Gasteiger partial charge is 0.508 e. The van der Waals surface area contributed by atoms with Crippen molar-refractivity contribution in [3.8, 4) is 5.75 Å². The molecule has 0 aromatic heterocycles. The minimum atomic E-state index is 0.0560. The molecule has 0 fully saturated rings. The van der Waals surface area contributed by atoms with Crippen LogP contribution in [0.4, 0.5) is 0 Å². The molecule has 94 valence electrons. The molecule has 0 atom stereocenters. The van der Waals surface area contributed by atoms with Gasteiger partial charge in [0.2, 0.25) is 0 Å². The van der Waals surface area contributed by atoms with Gasteiger partial charge in [0.05, 0.1) is 0 Å². The fraction of sp³-hybridized carbons (Fsp3) is 0.312. The van der Waals surface area contributed by atoms with Crippen molar-refractivity contribution < 1.29 is 9.90 Å². The predicted molar refractivity (Wildman–Crippen MR) is 73.2 cm³/mol. The van der Waals surface area contributed by atoms with Crippen molar-refractivity contribution in [1.29, 1.82) is 0 Å². The minimum absolute atomic E-state index is 0.0560. The van der Waals surface area contributed by atoms with Gasteiger partial charge in [0.15, 0.2) is 5.78 Å². The highest BCUT2D eigenvalue weighted by Crippen LogP contribution is 2.34. The summed E-state index contributed by atoms with van der Waals surface area (Å²) in [4.78, 5) is 11.6. The monoisotopic (exact) mass is 242 g/mol. The van der Waals surface area contributed by atoms with Crippen molar-refractivity contribution in [3.05, 3.63) is 47.6 Å². The van der Waals surface area contributed by atoms with Crippen LogP contribution in [-0.4, -0.2) is 10.9 Å². The van der Waals surface area contributed by atoms with Crippen LogP contribution < -0.4 is 0 Å². The van der Waals surface area contributed by atoms with Gasteiger partial charge in [-0.1, -0.05) is 38.1 Å². The maximum Gasteiger partial charge on any atom is 0.156 e. The first kappa shape index (κ1) is 12.6. The number of rotatable bonds is 2. The summed E-state index contributed by atoms with van der Waals surface area (Å²) in [5, 5.41) is 9.20. The van der Waals surface area contributed by atoms with Gasteiger partial charge in [-0.15, -0.1) is 0 Å². The van der Waals surface area contributed by atoms with Gasteiger partial charge in [0, 0.05) is 6.42 Å². The third-order valence-corrected chi connectivity index (χ3v) is 3.06. The summed E-state index contributed by atoms with van der Waals surface area (Å²) in [5.74, 6) is 0.469. The zero-order valence-electron chi connectivity index (χ0n) is 10.8. The second kappa shape index (κ2) is 4.81. The molecule has 0 spiro atoms. The molecule has 2 rings (SSSR count). The molecular weight excluding hydrogens is 224 g/mol. The van der Waals surface area contributed by atoms with Crippen LogP contribution in [0.2, 0.25) is 0 Å². The number of ketones is 1. The van der Waals surface area contributed by atoms with Gasteiger partial charge in [0.25, 0.3) is 0 Å². The lowest BCUT2D eigenvalue weighted by molar-refractivity contribution is -0.116. The van der Waals surface area contributed by atoms with Crippen LogP contribution in [0, 0.1) is 5.41 Å². The maximum atomic E-state index is 11.6. The lowest BCUT2D eigenvalue weighted by Gasteiger charge is -2.27. The Morgan fingerprint density at radius 2 is 1.78 bits per heavy atom. The third kappa shape index (κ3) is 3.33. The first-order valence-corrected chi connectivity index (χ1v) is 6.15. The molecule has 1 aliphatic carbocycles. The van der Waals surface area contributed by atoms with Gasteiger partial charge in [-0.3, -0.25) is 4.79 Å². The van der Waals surface area contributed by atoms with Crippen molar-refractivity contribution in [3.63, 3.8) is 0 Å². The smallest absolute Gasteiger partial charge is 0.156 e. The Morgan fingerprint density at radius 1 is 1.11 bits per heavy atom. The molecule has 0 radical (unpaired) electrons. The summed E-state index contributed by atoms with van der Waals surface area (Å²) in [6.45, 7) is 4.23. The SMILES string of the molecule is CC1(C)CC(=O)C=C(/C=C/c2ccc(O)cc2)C1. The first-order chi connectivity index (χ1) is 8.44. The topological polar surface area (TPSA) is 37.3 Å². The third-order valence-electron chi connectivity index (χ3n) is 3.06. The molecule has 0 aliphatic heterocycles. The molecule has 1 aliphatic rings. The molecular formula is C16H18O2. The molecule has 2 nitrogen and oxygen atoms in total. The van der Waals surface area contributed by atoms with E-state index in [4.69, 9.17) is 0 Å². The van der Waals surface area contributed by atoms with Crippen LogP contribution in [0.3, 0.4) is 0 Å². The van der Waals surface area contributed by atoms with Crippen molar-refractivity contribution in [2.24, 2.45) is 5.41 Å². The van der Waals surface area contributed by atoms with E-state index < -0.39 is 0 Å². The minimum Gasteiger partial charge on any atom is -0.508 e. The quantitative estimate of drug-likeness (QED) is 0.858. The van der Waals surface area contributed by atoms with Crippen molar-refractivity contribution in [1.82, 2.24) is 0 Å². The molecule has 0 saturated carbocycles. The predicted octanol–water partition coefficient (Wildman–Crippen LogP) is 3.72. The Bertz CT molecular complexity index is 504. The van der Waals surface area contributed by atoms with E-state index in [2.05, 4.69) is 13.8 Å². The Labute approximate surface area is 108 Å². The number of carbonyl (C=O) groups is 1. The van der Waals surface area contributed by atoms with E-state index in [1.165, 1.54) is 0 Å². The standard InChI is InChI=1S/C16H18O2/c1-16(2)10-13(9-15(18)11-16)4-3-12-5-7-14(17)8-6-12/h3-9,17H,10-11H2,1-2H3/b4-3+. The van der Waals surface area contributed by atoms with E-state index in [1.807, 2.05) is 24.3 Å². The maximum absolute atomic E-state index is 11.6. The van der Waals surface area contributed by atoms with Crippen LogP contribution >= 0.6 is 0 Å². The summed E-state index contributed by atoms with van der Waals surface area (Å²) in [5.41, 5.74) is 2.15. The highest BCUT2D eigenvalue weighted by molar-refractivity contribution is 5.92. The zero-order valence-corrected chi connectivity index (χ0v) is 10.8. The number of aromatic hydroxyl groups is 1. The highest BCUT2D eigenvalue weighted by atomic mass is 16.3. The Morgan fingerprint density at radius 3 is 2.39 bits per heavy atom. The van der Waals surface area contributed by atoms with E-state index in [0.29, 0.717) is 6.42 Å². The van der Waals surface area contributed by atoms with E-state index in [-0.39, 0.29) is 16.9 Å². The fourth-order valence-corrected chi connectivity index (χ4v) is 2.29. The Hall–Kier alpha value is -1.83. The Balaban J connectivity index is 2.14. The number of benzene rings is 1. The van der Waals surface area contributed by atoms with Gasteiger partial charge in [-0.25, -0.2) is 0 Å². The summed E-state index contributed by atoms with van der Waals surface area (Å²) >= 11 is 0. The highest BCUT2D eigenvalue weighted by Gasteiger charge is 2.26. The second-order valence-electron chi connectivity index (χ2n) is 5.63. The number of phenols is 1. The van der Waals surface area contributed by atoms with Gasteiger partial charge >= 0.3 is 0 Å². The van der Waals surface area contributed by atoms with Crippen LogP contribution in [0.25, 0.3) is 6.08 Å². The molecule has 1 N–H and O–H groups in total. The average molecular weight is 242 g/mol.